The van der Waals surface area contributed by atoms with Gasteiger partial charge in [0.05, 0.1) is 24.9 Å². The third kappa shape index (κ3) is 2.58. The minimum Gasteiger partial charge on any atom is -0.376 e. The van der Waals surface area contributed by atoms with Crippen molar-refractivity contribution >= 4 is 0 Å². The second-order valence-electron chi connectivity index (χ2n) is 4.36. The smallest absolute Gasteiger partial charge is 0.150 e. The summed E-state index contributed by atoms with van der Waals surface area (Å²) in [5, 5.41) is 3.89. The van der Waals surface area contributed by atoms with Gasteiger partial charge in [-0.15, -0.1) is 0 Å². The zero-order chi connectivity index (χ0) is 10.8. The van der Waals surface area contributed by atoms with E-state index in [4.69, 9.17) is 9.26 Å². The molecule has 0 N–H and O–H groups in total. The molecule has 1 aliphatic heterocycles. The van der Waals surface area contributed by atoms with Crippen molar-refractivity contribution in [3.05, 3.63) is 17.5 Å². The molecular weight excluding hydrogens is 192 g/mol. The third-order valence-corrected chi connectivity index (χ3v) is 2.77. The number of hydrogen-bond acceptors (Lipinski definition) is 4. The highest BCUT2D eigenvalue weighted by atomic mass is 16.5. The predicted octanol–water partition coefficient (Wildman–Crippen LogP) is 1.59. The van der Waals surface area contributed by atoms with Crippen molar-refractivity contribution in [2.45, 2.75) is 39.5 Å². The molecule has 0 radical (unpaired) electrons. The Morgan fingerprint density at radius 2 is 2.33 bits per heavy atom. The molecule has 1 aliphatic rings. The quantitative estimate of drug-likeness (QED) is 0.743. The van der Waals surface area contributed by atoms with Gasteiger partial charge in [0.25, 0.3) is 0 Å². The van der Waals surface area contributed by atoms with Gasteiger partial charge in [-0.1, -0.05) is 5.16 Å². The third-order valence-electron chi connectivity index (χ3n) is 2.77. The summed E-state index contributed by atoms with van der Waals surface area (Å²) < 4.78 is 10.8. The van der Waals surface area contributed by atoms with Crippen LogP contribution in [0, 0.1) is 6.92 Å². The van der Waals surface area contributed by atoms with Gasteiger partial charge in [0.15, 0.2) is 5.76 Å². The Morgan fingerprint density at radius 1 is 1.53 bits per heavy atom. The number of hydrogen-bond donors (Lipinski definition) is 0. The van der Waals surface area contributed by atoms with Crippen molar-refractivity contribution < 1.29 is 9.26 Å². The fraction of sp³-hybridized carbons (Fsp3) is 0.727. The van der Waals surface area contributed by atoms with Crippen LogP contribution in [0.2, 0.25) is 0 Å². The molecule has 0 spiro atoms. The molecule has 0 unspecified atom stereocenters. The van der Waals surface area contributed by atoms with Crippen molar-refractivity contribution in [1.82, 2.24) is 10.1 Å². The maximum Gasteiger partial charge on any atom is 0.150 e. The summed E-state index contributed by atoms with van der Waals surface area (Å²) in [6.07, 6.45) is 0.310. The zero-order valence-corrected chi connectivity index (χ0v) is 9.56. The molecule has 1 aromatic rings. The minimum atomic E-state index is 0.310. The van der Waals surface area contributed by atoms with Crippen LogP contribution in [-0.2, 0) is 11.3 Å². The lowest BCUT2D eigenvalue weighted by Crippen LogP contribution is -2.46. The maximum absolute atomic E-state index is 5.58. The minimum absolute atomic E-state index is 0.310. The van der Waals surface area contributed by atoms with Crippen LogP contribution in [0.1, 0.15) is 25.3 Å². The van der Waals surface area contributed by atoms with Crippen LogP contribution in [0.3, 0.4) is 0 Å². The fourth-order valence-corrected chi connectivity index (χ4v) is 1.88. The molecule has 1 fully saturated rings. The summed E-state index contributed by atoms with van der Waals surface area (Å²) in [6, 6.07) is 2.44. The van der Waals surface area contributed by atoms with E-state index in [1.165, 1.54) is 0 Å². The Balaban J connectivity index is 1.98. The Bertz CT molecular complexity index is 324. The van der Waals surface area contributed by atoms with Crippen molar-refractivity contribution in [2.24, 2.45) is 0 Å². The number of nitrogens with zero attached hydrogens (tertiary/aromatic N) is 2. The fourth-order valence-electron chi connectivity index (χ4n) is 1.88. The van der Waals surface area contributed by atoms with E-state index in [-0.39, 0.29) is 0 Å². The van der Waals surface area contributed by atoms with E-state index in [9.17, 15) is 0 Å². The van der Waals surface area contributed by atoms with Gasteiger partial charge >= 0.3 is 0 Å². The first-order valence-electron chi connectivity index (χ1n) is 5.43. The summed E-state index contributed by atoms with van der Waals surface area (Å²) >= 11 is 0. The van der Waals surface area contributed by atoms with Gasteiger partial charge in [-0.05, 0) is 20.8 Å². The summed E-state index contributed by atoms with van der Waals surface area (Å²) in [6.45, 7) is 8.81. The highest BCUT2D eigenvalue weighted by molar-refractivity contribution is 5.03. The second kappa shape index (κ2) is 4.33. The van der Waals surface area contributed by atoms with E-state index in [0.29, 0.717) is 12.1 Å². The van der Waals surface area contributed by atoms with Gasteiger partial charge in [-0.25, -0.2) is 0 Å². The number of rotatable bonds is 2. The Hall–Kier alpha value is -0.870. The normalized spacial score (nSPS) is 28.2. The Morgan fingerprint density at radius 3 is 3.00 bits per heavy atom. The number of morpholine rings is 1. The number of aromatic nitrogens is 1. The first-order valence-corrected chi connectivity index (χ1v) is 5.43. The molecule has 4 heteroatoms. The largest absolute Gasteiger partial charge is 0.376 e. The molecule has 0 saturated carbocycles. The summed E-state index contributed by atoms with van der Waals surface area (Å²) in [5.41, 5.74) is 0.943. The molecule has 1 aromatic heterocycles. The standard InChI is InChI=1S/C11H18N2O2/c1-8-4-11(15-12-8)6-13-5-10(3)14-7-9(13)2/h4,9-10H,5-7H2,1-3H3/t9-,10-/m1/s1. The van der Waals surface area contributed by atoms with Gasteiger partial charge in [0, 0.05) is 18.7 Å². The van der Waals surface area contributed by atoms with Crippen LogP contribution in [0.15, 0.2) is 10.6 Å². The topological polar surface area (TPSA) is 38.5 Å². The summed E-state index contributed by atoms with van der Waals surface area (Å²) in [5.74, 6) is 0.938. The second-order valence-corrected chi connectivity index (χ2v) is 4.36. The molecule has 0 amide bonds. The lowest BCUT2D eigenvalue weighted by Gasteiger charge is -2.35. The molecule has 0 aliphatic carbocycles. The van der Waals surface area contributed by atoms with Gasteiger partial charge in [-0.2, -0.15) is 0 Å². The maximum atomic E-state index is 5.58. The highest BCUT2D eigenvalue weighted by Crippen LogP contribution is 2.15. The lowest BCUT2D eigenvalue weighted by atomic mass is 10.2. The van der Waals surface area contributed by atoms with E-state index in [1.807, 2.05) is 13.0 Å². The lowest BCUT2D eigenvalue weighted by molar-refractivity contribution is -0.0550. The van der Waals surface area contributed by atoms with E-state index < -0.39 is 0 Å². The van der Waals surface area contributed by atoms with Crippen LogP contribution >= 0.6 is 0 Å². The average molecular weight is 210 g/mol. The van der Waals surface area contributed by atoms with Gasteiger partial charge in [-0.3, -0.25) is 4.90 Å². The Labute approximate surface area is 90.2 Å². The molecule has 84 valence electrons. The molecule has 2 rings (SSSR count). The first kappa shape index (κ1) is 10.6. The van der Waals surface area contributed by atoms with Gasteiger partial charge in [0.2, 0.25) is 0 Å². The molecule has 0 bridgehead atoms. The van der Waals surface area contributed by atoms with E-state index >= 15 is 0 Å². The van der Waals surface area contributed by atoms with Crippen LogP contribution < -0.4 is 0 Å². The van der Waals surface area contributed by atoms with Gasteiger partial charge in [0.1, 0.15) is 0 Å². The van der Waals surface area contributed by atoms with Crippen LogP contribution in [-0.4, -0.2) is 35.4 Å². The highest BCUT2D eigenvalue weighted by Gasteiger charge is 2.24. The number of ether oxygens (including phenoxy) is 1. The van der Waals surface area contributed by atoms with Crippen molar-refractivity contribution in [3.63, 3.8) is 0 Å². The van der Waals surface area contributed by atoms with Crippen molar-refractivity contribution in [2.75, 3.05) is 13.2 Å². The first-order chi connectivity index (χ1) is 7.15. The monoisotopic (exact) mass is 210 g/mol. The Kier molecular flexibility index (Phi) is 3.07. The predicted molar refractivity (Wildman–Crippen MR) is 56.5 cm³/mol. The molecule has 2 atom stereocenters. The molecule has 4 nitrogen and oxygen atoms in total. The SMILES string of the molecule is Cc1cc(CN2C[C@@H](C)OC[C@H]2C)on1. The van der Waals surface area contributed by atoms with Crippen LogP contribution in [0.5, 0.6) is 0 Å². The van der Waals surface area contributed by atoms with Crippen LogP contribution in [0.4, 0.5) is 0 Å². The zero-order valence-electron chi connectivity index (χ0n) is 9.56. The number of aryl methyl sites for hydroxylation is 1. The molecule has 15 heavy (non-hydrogen) atoms. The van der Waals surface area contributed by atoms with E-state index in [1.54, 1.807) is 0 Å². The molecular formula is C11H18N2O2. The van der Waals surface area contributed by atoms with E-state index in [2.05, 4.69) is 23.9 Å². The van der Waals surface area contributed by atoms with E-state index in [0.717, 1.165) is 31.2 Å². The molecule has 2 heterocycles. The summed E-state index contributed by atoms with van der Waals surface area (Å²) in [4.78, 5) is 2.37. The van der Waals surface area contributed by atoms with Crippen molar-refractivity contribution in [3.8, 4) is 0 Å². The molecule has 0 aromatic carbocycles. The van der Waals surface area contributed by atoms with Gasteiger partial charge < -0.3 is 9.26 Å². The van der Waals surface area contributed by atoms with Crippen molar-refractivity contribution in [1.29, 1.82) is 0 Å². The molecule has 1 saturated heterocycles. The average Bonchev–Trinajstić information content (AvgIpc) is 2.58. The van der Waals surface area contributed by atoms with Crippen LogP contribution in [0.25, 0.3) is 0 Å². The summed E-state index contributed by atoms with van der Waals surface area (Å²) in [7, 11) is 0.